The van der Waals surface area contributed by atoms with Crippen molar-refractivity contribution in [3.05, 3.63) is 130 Å². The first-order valence-electron chi connectivity index (χ1n) is 13.4. The van der Waals surface area contributed by atoms with E-state index < -0.39 is 28.5 Å². The number of rotatable bonds is 12. The molecule has 0 saturated heterocycles. The van der Waals surface area contributed by atoms with Gasteiger partial charge in [-0.1, -0.05) is 88.2 Å². The highest BCUT2D eigenvalue weighted by atomic mass is 79.9. The maximum Gasteiger partial charge on any atom is 0.264 e. The molecule has 1 N–H and O–H groups in total. The molecule has 2 amide bonds. The van der Waals surface area contributed by atoms with E-state index >= 15 is 0 Å². The Labute approximate surface area is 260 Å². The fourth-order valence-corrected chi connectivity index (χ4v) is 6.31. The van der Waals surface area contributed by atoms with E-state index in [9.17, 15) is 18.0 Å². The summed E-state index contributed by atoms with van der Waals surface area (Å²) in [6.07, 6.45) is 0.251. The fraction of sp³-hybridized carbons (Fsp3) is 0.188. The molecule has 1 atom stereocenters. The summed E-state index contributed by atoms with van der Waals surface area (Å²) in [5.41, 5.74) is 1.93. The van der Waals surface area contributed by atoms with E-state index in [1.807, 2.05) is 61.5 Å². The van der Waals surface area contributed by atoms with Crippen LogP contribution in [0.4, 0.5) is 5.69 Å². The van der Waals surface area contributed by atoms with E-state index in [0.717, 1.165) is 19.9 Å². The van der Waals surface area contributed by atoms with Gasteiger partial charge in [0.2, 0.25) is 11.8 Å². The van der Waals surface area contributed by atoms with Gasteiger partial charge in [-0.3, -0.25) is 13.9 Å². The number of nitrogens with zero attached hydrogens (tertiary/aromatic N) is 2. The number of halogens is 2. The molecule has 0 radical (unpaired) electrons. The summed E-state index contributed by atoms with van der Waals surface area (Å²) < 4.78 is 29.7. The Kier molecular flexibility index (Phi) is 10.8. The zero-order chi connectivity index (χ0) is 30.1. The first-order valence-corrected chi connectivity index (χ1v) is 16.0. The first-order chi connectivity index (χ1) is 20.2. The van der Waals surface area contributed by atoms with Crippen molar-refractivity contribution >= 4 is 55.1 Å². The molecule has 10 heteroatoms. The summed E-state index contributed by atoms with van der Waals surface area (Å²) in [4.78, 5) is 29.3. The molecule has 0 aromatic heterocycles. The van der Waals surface area contributed by atoms with Crippen LogP contribution in [0.3, 0.4) is 0 Å². The van der Waals surface area contributed by atoms with Gasteiger partial charge in [0.25, 0.3) is 10.0 Å². The van der Waals surface area contributed by atoms with Crippen LogP contribution in [0.1, 0.15) is 18.1 Å². The molecule has 0 unspecified atom stereocenters. The number of amides is 2. The second-order valence-corrected chi connectivity index (χ2v) is 12.8. The molecule has 0 saturated carbocycles. The van der Waals surface area contributed by atoms with Gasteiger partial charge >= 0.3 is 0 Å². The van der Waals surface area contributed by atoms with Crippen LogP contribution in [0.5, 0.6) is 0 Å². The maximum absolute atomic E-state index is 14.3. The van der Waals surface area contributed by atoms with Gasteiger partial charge in [-0.05, 0) is 66.6 Å². The van der Waals surface area contributed by atoms with Gasteiger partial charge in [0.15, 0.2) is 0 Å². The number of carbonyl (C=O) groups is 2. The van der Waals surface area contributed by atoms with Crippen molar-refractivity contribution in [1.29, 1.82) is 0 Å². The van der Waals surface area contributed by atoms with Gasteiger partial charge in [0.05, 0.1) is 10.6 Å². The van der Waals surface area contributed by atoms with E-state index in [1.54, 1.807) is 42.5 Å². The topological polar surface area (TPSA) is 86.8 Å². The van der Waals surface area contributed by atoms with Crippen LogP contribution in [-0.4, -0.2) is 44.3 Å². The zero-order valence-corrected chi connectivity index (χ0v) is 26.1. The molecule has 4 rings (SSSR count). The fourth-order valence-electron chi connectivity index (χ4n) is 4.49. The van der Waals surface area contributed by atoms with Gasteiger partial charge in [-0.25, -0.2) is 8.42 Å². The third-order valence-electron chi connectivity index (χ3n) is 6.61. The van der Waals surface area contributed by atoms with Crippen LogP contribution < -0.4 is 9.62 Å². The smallest absolute Gasteiger partial charge is 0.264 e. The third kappa shape index (κ3) is 8.00. The molecular weight excluding hydrogens is 638 g/mol. The Morgan fingerprint density at radius 3 is 2.02 bits per heavy atom. The first kappa shape index (κ1) is 31.3. The third-order valence-corrected chi connectivity index (χ3v) is 9.18. The van der Waals surface area contributed by atoms with Crippen LogP contribution in [0.2, 0.25) is 5.02 Å². The Morgan fingerprint density at radius 2 is 1.43 bits per heavy atom. The molecule has 0 bridgehead atoms. The minimum Gasteiger partial charge on any atom is -0.355 e. The van der Waals surface area contributed by atoms with Crippen LogP contribution >= 0.6 is 27.5 Å². The lowest BCUT2D eigenvalue weighted by molar-refractivity contribution is -0.140. The van der Waals surface area contributed by atoms with Crippen LogP contribution in [0.15, 0.2) is 119 Å². The van der Waals surface area contributed by atoms with Crippen LogP contribution in [0.25, 0.3) is 0 Å². The largest absolute Gasteiger partial charge is 0.355 e. The molecule has 218 valence electrons. The van der Waals surface area contributed by atoms with E-state index in [2.05, 4.69) is 21.2 Å². The van der Waals surface area contributed by atoms with Gasteiger partial charge < -0.3 is 10.2 Å². The second kappa shape index (κ2) is 14.5. The Morgan fingerprint density at radius 1 is 0.833 bits per heavy atom. The van der Waals surface area contributed by atoms with Crippen LogP contribution in [-0.2, 0) is 32.6 Å². The minimum atomic E-state index is -4.15. The Balaban J connectivity index is 1.78. The highest BCUT2D eigenvalue weighted by molar-refractivity contribution is 9.10. The number of hydrogen-bond acceptors (Lipinski definition) is 4. The molecule has 4 aromatic rings. The van der Waals surface area contributed by atoms with E-state index in [4.69, 9.17) is 11.6 Å². The average molecular weight is 669 g/mol. The molecule has 7 nitrogen and oxygen atoms in total. The van der Waals surface area contributed by atoms with E-state index in [-0.39, 0.29) is 29.5 Å². The highest BCUT2D eigenvalue weighted by Crippen LogP contribution is 2.26. The number of hydrogen-bond donors (Lipinski definition) is 1. The van der Waals surface area contributed by atoms with Crippen molar-refractivity contribution in [3.63, 3.8) is 0 Å². The van der Waals surface area contributed by atoms with Crippen molar-refractivity contribution in [3.8, 4) is 0 Å². The lowest BCUT2D eigenvalue weighted by Crippen LogP contribution is -2.53. The van der Waals surface area contributed by atoms with Crippen molar-refractivity contribution < 1.29 is 18.0 Å². The molecule has 42 heavy (non-hydrogen) atoms. The summed E-state index contributed by atoms with van der Waals surface area (Å²) in [5, 5.41) is 3.29. The van der Waals surface area contributed by atoms with Gasteiger partial charge in [-0.15, -0.1) is 0 Å². The number of likely N-dealkylation sites (N-methyl/N-ethyl adjacent to an activating group) is 1. The van der Waals surface area contributed by atoms with Crippen LogP contribution in [0, 0.1) is 0 Å². The molecule has 0 heterocycles. The lowest BCUT2D eigenvalue weighted by atomic mass is 10.0. The molecule has 0 spiro atoms. The van der Waals surface area contributed by atoms with Gasteiger partial charge in [0.1, 0.15) is 12.6 Å². The zero-order valence-electron chi connectivity index (χ0n) is 23.0. The average Bonchev–Trinajstić information content (AvgIpc) is 3.00. The standard InChI is InChI=1S/C32H31BrClN3O4S/c1-2-35-32(39)30(21-24-9-5-3-6-10-24)36(22-25-13-15-26(33)16-14-25)31(38)23-37(28-19-17-27(34)18-20-28)42(40,41)29-11-7-4-8-12-29/h3-20,30H,2,21-23H2,1H3,(H,35,39)/t30-/m0/s1. The number of nitrogens with one attached hydrogen (secondary N) is 1. The molecule has 0 aliphatic heterocycles. The van der Waals surface area contributed by atoms with Crippen molar-refractivity contribution in [2.75, 3.05) is 17.4 Å². The normalized spacial score (nSPS) is 11.9. The number of anilines is 1. The monoisotopic (exact) mass is 667 g/mol. The second-order valence-electron chi connectivity index (χ2n) is 9.55. The van der Waals surface area contributed by atoms with E-state index in [0.29, 0.717) is 11.6 Å². The molecular formula is C32H31BrClN3O4S. The minimum absolute atomic E-state index is 0.0387. The highest BCUT2D eigenvalue weighted by Gasteiger charge is 2.34. The summed E-state index contributed by atoms with van der Waals surface area (Å²) in [6.45, 7) is 1.76. The van der Waals surface area contributed by atoms with Crippen molar-refractivity contribution in [2.24, 2.45) is 0 Å². The number of carbonyl (C=O) groups excluding carboxylic acids is 2. The SMILES string of the molecule is CCNC(=O)[C@H](Cc1ccccc1)N(Cc1ccc(Br)cc1)C(=O)CN(c1ccc(Cl)cc1)S(=O)(=O)c1ccccc1. The quantitative estimate of drug-likeness (QED) is 0.199. The van der Waals surface area contributed by atoms with Crippen molar-refractivity contribution in [2.45, 2.75) is 30.8 Å². The maximum atomic E-state index is 14.3. The summed E-state index contributed by atoms with van der Waals surface area (Å²) in [5.74, 6) is -0.852. The summed E-state index contributed by atoms with van der Waals surface area (Å²) in [6, 6.07) is 30.2. The lowest BCUT2D eigenvalue weighted by Gasteiger charge is -2.33. The predicted molar refractivity (Wildman–Crippen MR) is 170 cm³/mol. The molecule has 0 aliphatic rings. The summed E-state index contributed by atoms with van der Waals surface area (Å²) in [7, 11) is -4.15. The summed E-state index contributed by atoms with van der Waals surface area (Å²) >= 11 is 9.54. The molecule has 4 aromatic carbocycles. The Hall–Kier alpha value is -3.66. The Bertz CT molecular complexity index is 1590. The number of benzene rings is 4. The van der Waals surface area contributed by atoms with Gasteiger partial charge in [-0.2, -0.15) is 0 Å². The van der Waals surface area contributed by atoms with Gasteiger partial charge in [0, 0.05) is 29.0 Å². The number of sulfonamides is 1. The predicted octanol–water partition coefficient (Wildman–Crippen LogP) is 6.07. The molecule has 0 fully saturated rings. The van der Waals surface area contributed by atoms with E-state index in [1.165, 1.54) is 17.0 Å². The molecule has 0 aliphatic carbocycles. The van der Waals surface area contributed by atoms with Crippen molar-refractivity contribution in [1.82, 2.24) is 10.2 Å².